The van der Waals surface area contributed by atoms with Gasteiger partial charge in [-0.05, 0) is 35.7 Å². The number of fused-ring (bicyclic) bond motifs is 3. The Morgan fingerprint density at radius 2 is 1.67 bits per heavy atom. The quantitative estimate of drug-likeness (QED) is 0.233. The highest BCUT2D eigenvalue weighted by Crippen LogP contribution is 2.40. The van der Waals surface area contributed by atoms with E-state index in [2.05, 4.69) is 10.0 Å². The van der Waals surface area contributed by atoms with Crippen LogP contribution in [0.1, 0.15) is 6.42 Å². The molecule has 4 aromatic rings. The minimum atomic E-state index is -4.32. The summed E-state index contributed by atoms with van der Waals surface area (Å²) in [5, 5.41) is 15.8. The van der Waals surface area contributed by atoms with Gasteiger partial charge in [-0.25, -0.2) is 8.42 Å². The highest BCUT2D eigenvalue weighted by Gasteiger charge is 2.30. The van der Waals surface area contributed by atoms with E-state index in [4.69, 9.17) is 0 Å². The number of amides is 2. The van der Waals surface area contributed by atoms with Crippen molar-refractivity contribution >= 4 is 61.0 Å². The van der Waals surface area contributed by atoms with E-state index in [1.165, 1.54) is 29.2 Å². The number of nitro benzene ring substituents is 1. The topological polar surface area (TPSA) is 139 Å². The van der Waals surface area contributed by atoms with E-state index in [0.717, 1.165) is 22.9 Å². The minimum Gasteiger partial charge on any atom is -0.323 e. The Labute approximate surface area is 205 Å². The number of rotatable bonds is 5. The van der Waals surface area contributed by atoms with Crippen LogP contribution in [0.3, 0.4) is 0 Å². The number of nitrogens with one attached hydrogen (secondary N) is 2. The van der Waals surface area contributed by atoms with Gasteiger partial charge in [-0.2, -0.15) is 0 Å². The molecule has 4 aromatic carbocycles. The van der Waals surface area contributed by atoms with Gasteiger partial charge >= 0.3 is 0 Å². The van der Waals surface area contributed by atoms with Crippen LogP contribution >= 0.6 is 0 Å². The monoisotopic (exact) mass is 502 g/mol. The normalized spacial score (nSPS) is 13.6. The largest absolute Gasteiger partial charge is 0.323 e. The first-order chi connectivity index (χ1) is 17.2. The first-order valence-corrected chi connectivity index (χ1v) is 12.2. The number of carbonyl (C=O) groups is 2. The van der Waals surface area contributed by atoms with Gasteiger partial charge in [0.1, 0.15) is 6.42 Å². The number of anilines is 4. The Hall–Kier alpha value is -4.77. The highest BCUT2D eigenvalue weighted by atomic mass is 32.2. The van der Waals surface area contributed by atoms with E-state index in [1.807, 2.05) is 30.3 Å². The second-order valence-corrected chi connectivity index (χ2v) is 9.67. The number of benzene rings is 4. The lowest BCUT2D eigenvalue weighted by Crippen LogP contribution is -2.26. The predicted octanol–water partition coefficient (Wildman–Crippen LogP) is 4.56. The van der Waals surface area contributed by atoms with E-state index in [9.17, 15) is 28.1 Å². The standard InChI is InChI=1S/C25H18N4O6S/c30-23-15-24(31)28(21-13-12-16-6-1-2-9-19(16)25(21)26-23)18-8-5-7-17(14-18)27-36(34,35)22-11-4-3-10-20(22)29(32)33/h1-14,27H,15H2,(H,26,30). The summed E-state index contributed by atoms with van der Waals surface area (Å²) in [6.45, 7) is 0. The molecule has 0 radical (unpaired) electrons. The lowest BCUT2D eigenvalue weighted by Gasteiger charge is -2.24. The number of nitrogens with zero attached hydrogens (tertiary/aromatic N) is 2. The molecule has 11 heteroatoms. The molecule has 180 valence electrons. The summed E-state index contributed by atoms with van der Waals surface area (Å²) in [5.41, 5.74) is 0.743. The molecule has 0 fully saturated rings. The maximum Gasteiger partial charge on any atom is 0.289 e. The molecule has 0 saturated heterocycles. The summed E-state index contributed by atoms with van der Waals surface area (Å²) < 4.78 is 28.3. The Balaban J connectivity index is 1.58. The molecular weight excluding hydrogens is 484 g/mol. The van der Waals surface area contributed by atoms with Crippen LogP contribution in [0.5, 0.6) is 0 Å². The van der Waals surface area contributed by atoms with Crippen molar-refractivity contribution in [1.29, 1.82) is 0 Å². The third-order valence-electron chi connectivity index (χ3n) is 5.68. The van der Waals surface area contributed by atoms with Gasteiger partial charge in [-0.3, -0.25) is 29.3 Å². The fourth-order valence-corrected chi connectivity index (χ4v) is 5.37. The number of hydrogen-bond acceptors (Lipinski definition) is 6. The summed E-state index contributed by atoms with van der Waals surface area (Å²) in [5.74, 6) is -0.964. The molecule has 0 aliphatic carbocycles. The maximum atomic E-state index is 13.1. The molecule has 2 N–H and O–H groups in total. The van der Waals surface area contributed by atoms with Crippen molar-refractivity contribution < 1.29 is 22.9 Å². The average Bonchev–Trinajstić information content (AvgIpc) is 2.98. The van der Waals surface area contributed by atoms with Crippen LogP contribution in [0.2, 0.25) is 0 Å². The summed E-state index contributed by atoms with van der Waals surface area (Å²) in [7, 11) is -4.32. The number of sulfonamides is 1. The van der Waals surface area contributed by atoms with Crippen LogP contribution in [-0.4, -0.2) is 25.2 Å². The van der Waals surface area contributed by atoms with Crippen molar-refractivity contribution in [2.24, 2.45) is 0 Å². The molecule has 0 spiro atoms. The first kappa shape index (κ1) is 23.0. The van der Waals surface area contributed by atoms with Crippen LogP contribution in [0.4, 0.5) is 28.4 Å². The molecule has 2 amide bonds. The average molecular weight is 503 g/mol. The molecule has 10 nitrogen and oxygen atoms in total. The van der Waals surface area contributed by atoms with Crippen molar-refractivity contribution in [3.63, 3.8) is 0 Å². The second kappa shape index (κ2) is 8.78. The fraction of sp³-hybridized carbons (Fsp3) is 0.0400. The summed E-state index contributed by atoms with van der Waals surface area (Å²) >= 11 is 0. The lowest BCUT2D eigenvalue weighted by molar-refractivity contribution is -0.387. The van der Waals surface area contributed by atoms with Crippen LogP contribution in [0.15, 0.2) is 89.8 Å². The Morgan fingerprint density at radius 1 is 0.917 bits per heavy atom. The van der Waals surface area contributed by atoms with Gasteiger partial charge in [0.25, 0.3) is 15.7 Å². The van der Waals surface area contributed by atoms with Crippen LogP contribution in [0, 0.1) is 10.1 Å². The highest BCUT2D eigenvalue weighted by molar-refractivity contribution is 7.92. The molecular formula is C25H18N4O6S. The van der Waals surface area contributed by atoms with Gasteiger partial charge in [0.05, 0.1) is 27.7 Å². The van der Waals surface area contributed by atoms with Crippen molar-refractivity contribution in [1.82, 2.24) is 0 Å². The molecule has 0 saturated carbocycles. The van der Waals surface area contributed by atoms with Gasteiger partial charge < -0.3 is 5.32 Å². The Kier molecular flexibility index (Phi) is 5.61. The zero-order valence-electron chi connectivity index (χ0n) is 18.5. The third kappa shape index (κ3) is 4.12. The molecule has 1 aliphatic rings. The van der Waals surface area contributed by atoms with Crippen molar-refractivity contribution in [2.75, 3.05) is 14.9 Å². The molecule has 0 bridgehead atoms. The van der Waals surface area contributed by atoms with E-state index in [-0.39, 0.29) is 5.69 Å². The number of nitro groups is 1. The summed E-state index contributed by atoms with van der Waals surface area (Å²) in [4.78, 5) is 37.0. The van der Waals surface area contributed by atoms with Crippen LogP contribution in [-0.2, 0) is 19.6 Å². The SMILES string of the molecule is O=C1CC(=O)N(c2cccc(NS(=O)(=O)c3ccccc3[N+](=O)[O-])c2)c2ccc3ccccc3c2N1. The zero-order chi connectivity index (χ0) is 25.4. The second-order valence-electron chi connectivity index (χ2n) is 8.02. The van der Waals surface area contributed by atoms with E-state index in [1.54, 1.807) is 18.2 Å². The third-order valence-corrected chi connectivity index (χ3v) is 7.11. The van der Waals surface area contributed by atoms with E-state index < -0.39 is 43.8 Å². The first-order valence-electron chi connectivity index (χ1n) is 10.8. The van der Waals surface area contributed by atoms with Crippen LogP contribution in [0.25, 0.3) is 10.8 Å². The maximum absolute atomic E-state index is 13.1. The van der Waals surface area contributed by atoms with E-state index in [0.29, 0.717) is 17.1 Å². The molecule has 0 atom stereocenters. The van der Waals surface area contributed by atoms with Crippen molar-refractivity contribution in [3.8, 4) is 0 Å². The predicted molar refractivity (Wildman–Crippen MR) is 135 cm³/mol. The minimum absolute atomic E-state index is 0.0873. The smallest absolute Gasteiger partial charge is 0.289 e. The van der Waals surface area contributed by atoms with Gasteiger partial charge in [-0.1, -0.05) is 48.5 Å². The summed E-state index contributed by atoms with van der Waals surface area (Å²) in [6.07, 6.45) is -0.408. The molecule has 5 rings (SSSR count). The molecule has 0 unspecified atom stereocenters. The lowest BCUT2D eigenvalue weighted by atomic mass is 10.1. The molecule has 1 aliphatic heterocycles. The number of hydrogen-bond donors (Lipinski definition) is 2. The Morgan fingerprint density at radius 3 is 2.47 bits per heavy atom. The molecule has 0 aromatic heterocycles. The molecule has 1 heterocycles. The van der Waals surface area contributed by atoms with Crippen molar-refractivity contribution in [3.05, 3.63) is 95.0 Å². The van der Waals surface area contributed by atoms with Gasteiger partial charge in [0.2, 0.25) is 11.8 Å². The van der Waals surface area contributed by atoms with Crippen LogP contribution < -0.4 is 14.9 Å². The van der Waals surface area contributed by atoms with E-state index >= 15 is 0 Å². The molecule has 36 heavy (non-hydrogen) atoms. The van der Waals surface area contributed by atoms with Gasteiger partial charge in [-0.15, -0.1) is 0 Å². The Bertz CT molecular complexity index is 1670. The van der Waals surface area contributed by atoms with Crippen molar-refractivity contribution in [2.45, 2.75) is 11.3 Å². The van der Waals surface area contributed by atoms with Gasteiger partial charge in [0.15, 0.2) is 4.90 Å². The summed E-state index contributed by atoms with van der Waals surface area (Å²) in [6, 6.07) is 22.0. The zero-order valence-corrected chi connectivity index (χ0v) is 19.4. The van der Waals surface area contributed by atoms with Gasteiger partial charge in [0, 0.05) is 11.5 Å². The number of para-hydroxylation sites is 1. The fourth-order valence-electron chi connectivity index (χ4n) is 4.15. The number of carbonyl (C=O) groups excluding carboxylic acids is 2.